The molecule has 2 aromatic carbocycles. The van der Waals surface area contributed by atoms with Crippen LogP contribution in [0.5, 0.6) is 0 Å². The fourth-order valence-corrected chi connectivity index (χ4v) is 3.37. The summed E-state index contributed by atoms with van der Waals surface area (Å²) < 4.78 is 4.17. The molecule has 2 aromatic heterocycles. The molecule has 6 heteroatoms. The molecule has 6 nitrogen and oxygen atoms in total. The molecule has 4 aromatic rings. The van der Waals surface area contributed by atoms with Crippen molar-refractivity contribution in [2.24, 2.45) is 0 Å². The second-order valence-corrected chi connectivity index (χ2v) is 6.53. The summed E-state index contributed by atoms with van der Waals surface area (Å²) in [5.74, 6) is 0.793. The van der Waals surface area contributed by atoms with Crippen LogP contribution in [-0.4, -0.2) is 32.3 Å². The second kappa shape index (κ2) is 7.07. The van der Waals surface area contributed by atoms with Crippen molar-refractivity contribution < 1.29 is 4.79 Å². The van der Waals surface area contributed by atoms with E-state index >= 15 is 0 Å². The van der Waals surface area contributed by atoms with Crippen molar-refractivity contribution >= 4 is 16.9 Å². The Morgan fingerprint density at radius 3 is 2.59 bits per heavy atom. The van der Waals surface area contributed by atoms with Gasteiger partial charge in [0.05, 0.1) is 23.6 Å². The van der Waals surface area contributed by atoms with Crippen molar-refractivity contribution in [3.05, 3.63) is 72.6 Å². The third-order valence-electron chi connectivity index (χ3n) is 4.68. The zero-order valence-electron chi connectivity index (χ0n) is 15.3. The smallest absolute Gasteiger partial charge is 0.251 e. The quantitative estimate of drug-likeness (QED) is 0.593. The Morgan fingerprint density at radius 1 is 1.11 bits per heavy atom. The van der Waals surface area contributed by atoms with Crippen LogP contribution in [0.15, 0.2) is 67.0 Å². The molecule has 27 heavy (non-hydrogen) atoms. The first-order valence-corrected chi connectivity index (χ1v) is 8.94. The predicted molar refractivity (Wildman–Crippen MR) is 105 cm³/mol. The lowest BCUT2D eigenvalue weighted by Gasteiger charge is -2.18. The molecule has 0 aliphatic heterocycles. The average Bonchev–Trinajstić information content (AvgIpc) is 3.34. The summed E-state index contributed by atoms with van der Waals surface area (Å²) in [5.41, 5.74) is 3.65. The zero-order chi connectivity index (χ0) is 18.8. The van der Waals surface area contributed by atoms with E-state index in [2.05, 4.69) is 28.0 Å². The summed E-state index contributed by atoms with van der Waals surface area (Å²) in [5, 5.41) is 6.97. The molecule has 1 amide bonds. The normalized spacial score (nSPS) is 12.2. The maximum Gasteiger partial charge on any atom is 0.251 e. The Kier molecular flexibility index (Phi) is 4.46. The van der Waals surface area contributed by atoms with Gasteiger partial charge in [-0.25, -0.2) is 4.98 Å². The third-order valence-corrected chi connectivity index (χ3v) is 4.68. The highest BCUT2D eigenvalue weighted by Gasteiger charge is 2.18. The van der Waals surface area contributed by atoms with Crippen molar-refractivity contribution in [3.63, 3.8) is 0 Å². The minimum atomic E-state index is -0.0953. The van der Waals surface area contributed by atoms with Crippen molar-refractivity contribution in [1.82, 2.24) is 24.6 Å². The van der Waals surface area contributed by atoms with Gasteiger partial charge in [0.1, 0.15) is 5.82 Å². The summed E-state index contributed by atoms with van der Waals surface area (Å²) in [6, 6.07) is 17.8. The Labute approximate surface area is 157 Å². The molecule has 0 aliphatic carbocycles. The summed E-state index contributed by atoms with van der Waals surface area (Å²) in [4.78, 5) is 16.7. The van der Waals surface area contributed by atoms with Crippen molar-refractivity contribution in [3.8, 4) is 11.4 Å². The molecule has 2 heterocycles. The maximum absolute atomic E-state index is 11.8. The number of hydrogen-bond donors (Lipinski definition) is 1. The predicted octanol–water partition coefficient (Wildman–Crippen LogP) is 3.52. The first kappa shape index (κ1) is 17.0. The fraction of sp³-hybridized carbons (Fsp3) is 0.190. The summed E-state index contributed by atoms with van der Waals surface area (Å²) in [6.45, 7) is 2.91. The standard InChI is InChI=1S/C21H21N5O/c1-15(14-25-13-5-12-23-25)26-19-7-4-3-6-18(19)24-20(26)16-8-10-17(11-9-16)21(27)22-2/h3-13,15H,14H2,1-2H3,(H,22,27). The number of hydrogen-bond acceptors (Lipinski definition) is 3. The number of imidazole rings is 1. The molecular formula is C21H21N5O. The molecule has 136 valence electrons. The number of aromatic nitrogens is 4. The SMILES string of the molecule is CNC(=O)c1ccc(-c2nc3ccccc3n2C(C)Cn2cccn2)cc1. The Bertz CT molecular complexity index is 1060. The third kappa shape index (κ3) is 3.21. The van der Waals surface area contributed by atoms with Crippen molar-refractivity contribution in [2.75, 3.05) is 7.05 Å². The van der Waals surface area contributed by atoms with Gasteiger partial charge in [0.2, 0.25) is 0 Å². The van der Waals surface area contributed by atoms with Crippen LogP contribution in [0.4, 0.5) is 0 Å². The van der Waals surface area contributed by atoms with Gasteiger partial charge in [-0.1, -0.05) is 24.3 Å². The Morgan fingerprint density at radius 2 is 1.89 bits per heavy atom. The van der Waals surface area contributed by atoms with Crippen LogP contribution in [0.3, 0.4) is 0 Å². The molecule has 0 spiro atoms. The number of para-hydroxylation sites is 2. The van der Waals surface area contributed by atoms with Gasteiger partial charge < -0.3 is 9.88 Å². The number of carbonyl (C=O) groups is 1. The number of nitrogens with one attached hydrogen (secondary N) is 1. The summed E-state index contributed by atoms with van der Waals surface area (Å²) >= 11 is 0. The molecule has 4 rings (SSSR count). The molecule has 1 atom stereocenters. The van der Waals surface area contributed by atoms with Crippen LogP contribution in [0.2, 0.25) is 0 Å². The second-order valence-electron chi connectivity index (χ2n) is 6.53. The number of rotatable bonds is 5. The molecule has 0 fully saturated rings. The van der Waals surface area contributed by atoms with Gasteiger partial charge in [-0.2, -0.15) is 5.10 Å². The lowest BCUT2D eigenvalue weighted by Crippen LogP contribution is -2.17. The van der Waals surface area contributed by atoms with E-state index in [1.54, 1.807) is 13.2 Å². The number of nitrogens with zero attached hydrogens (tertiary/aromatic N) is 4. The van der Waals surface area contributed by atoms with Gasteiger partial charge in [-0.3, -0.25) is 9.48 Å². The Hall–Kier alpha value is -3.41. The maximum atomic E-state index is 11.8. The van der Waals surface area contributed by atoms with E-state index in [-0.39, 0.29) is 11.9 Å². The number of carbonyl (C=O) groups excluding carboxylic acids is 1. The molecular weight excluding hydrogens is 338 g/mol. The zero-order valence-corrected chi connectivity index (χ0v) is 15.3. The molecule has 0 bridgehead atoms. The van der Waals surface area contributed by atoms with Gasteiger partial charge in [0.25, 0.3) is 5.91 Å². The van der Waals surface area contributed by atoms with Crippen molar-refractivity contribution in [1.29, 1.82) is 0 Å². The first-order valence-electron chi connectivity index (χ1n) is 8.94. The highest BCUT2D eigenvalue weighted by Crippen LogP contribution is 2.29. The van der Waals surface area contributed by atoms with Gasteiger partial charge in [-0.15, -0.1) is 0 Å². The van der Waals surface area contributed by atoms with E-state index in [1.165, 1.54) is 0 Å². The molecule has 0 saturated heterocycles. The fourth-order valence-electron chi connectivity index (χ4n) is 3.37. The van der Waals surface area contributed by atoms with E-state index in [1.807, 2.05) is 59.4 Å². The van der Waals surface area contributed by atoms with Crippen molar-refractivity contribution in [2.45, 2.75) is 19.5 Å². The van der Waals surface area contributed by atoms with E-state index < -0.39 is 0 Å². The molecule has 1 N–H and O–H groups in total. The summed E-state index contributed by atoms with van der Waals surface area (Å²) in [6.07, 6.45) is 3.75. The number of benzene rings is 2. The largest absolute Gasteiger partial charge is 0.355 e. The minimum absolute atomic E-state index is 0.0953. The monoisotopic (exact) mass is 359 g/mol. The van der Waals surface area contributed by atoms with Crippen LogP contribution < -0.4 is 5.32 Å². The lowest BCUT2D eigenvalue weighted by molar-refractivity contribution is 0.0963. The molecule has 0 saturated carbocycles. The topological polar surface area (TPSA) is 64.7 Å². The van der Waals surface area contributed by atoms with E-state index in [0.29, 0.717) is 5.56 Å². The van der Waals surface area contributed by atoms with E-state index in [9.17, 15) is 4.79 Å². The van der Waals surface area contributed by atoms with Crippen LogP contribution in [0.1, 0.15) is 23.3 Å². The molecule has 1 unspecified atom stereocenters. The lowest BCUT2D eigenvalue weighted by atomic mass is 10.1. The van der Waals surface area contributed by atoms with Crippen LogP contribution in [0.25, 0.3) is 22.4 Å². The number of fused-ring (bicyclic) bond motifs is 1. The van der Waals surface area contributed by atoms with Crippen LogP contribution in [0, 0.1) is 0 Å². The number of amides is 1. The van der Waals surface area contributed by atoms with E-state index in [4.69, 9.17) is 4.98 Å². The van der Waals surface area contributed by atoms with Gasteiger partial charge in [0.15, 0.2) is 0 Å². The minimum Gasteiger partial charge on any atom is -0.355 e. The average molecular weight is 359 g/mol. The van der Waals surface area contributed by atoms with Crippen LogP contribution >= 0.6 is 0 Å². The molecule has 0 radical (unpaired) electrons. The Balaban J connectivity index is 1.79. The highest BCUT2D eigenvalue weighted by molar-refractivity contribution is 5.94. The van der Waals surface area contributed by atoms with Gasteiger partial charge >= 0.3 is 0 Å². The van der Waals surface area contributed by atoms with Gasteiger partial charge in [-0.05, 0) is 37.3 Å². The van der Waals surface area contributed by atoms with Gasteiger partial charge in [0, 0.05) is 30.6 Å². The van der Waals surface area contributed by atoms with E-state index in [0.717, 1.165) is 29.0 Å². The molecule has 0 aliphatic rings. The first-order chi connectivity index (χ1) is 13.2. The van der Waals surface area contributed by atoms with Crippen LogP contribution in [-0.2, 0) is 6.54 Å². The summed E-state index contributed by atoms with van der Waals surface area (Å²) in [7, 11) is 1.63. The highest BCUT2D eigenvalue weighted by atomic mass is 16.1.